The van der Waals surface area contributed by atoms with Crippen molar-refractivity contribution in [3.63, 3.8) is 0 Å². The van der Waals surface area contributed by atoms with E-state index >= 15 is 0 Å². The largest absolute Gasteiger partial charge is 0.479 e. The molecule has 0 bridgehead atoms. The van der Waals surface area contributed by atoms with Crippen LogP contribution in [0.4, 0.5) is 11.4 Å². The number of hydrogen-bond donors (Lipinski definition) is 2. The highest BCUT2D eigenvalue weighted by atomic mass is 16.5. The molecule has 2 rings (SSSR count). The first kappa shape index (κ1) is 9.83. The van der Waals surface area contributed by atoms with Gasteiger partial charge in [0.1, 0.15) is 0 Å². The summed E-state index contributed by atoms with van der Waals surface area (Å²) >= 11 is 0. The van der Waals surface area contributed by atoms with Crippen LogP contribution in [0.3, 0.4) is 0 Å². The van der Waals surface area contributed by atoms with Gasteiger partial charge in [0.05, 0.1) is 11.4 Å². The predicted molar refractivity (Wildman–Crippen MR) is 59.1 cm³/mol. The smallest absolute Gasteiger partial charge is 0.262 e. The van der Waals surface area contributed by atoms with E-state index in [-0.39, 0.29) is 12.5 Å². The average molecular weight is 206 g/mol. The Morgan fingerprint density at radius 3 is 2.87 bits per heavy atom. The Kier molecular flexibility index (Phi) is 2.26. The van der Waals surface area contributed by atoms with Crippen LogP contribution in [0.1, 0.15) is 25.3 Å². The van der Waals surface area contributed by atoms with Crippen molar-refractivity contribution in [3.05, 3.63) is 17.7 Å². The molecule has 1 amide bonds. The molecule has 0 aromatic heterocycles. The fourth-order valence-electron chi connectivity index (χ4n) is 1.59. The highest BCUT2D eigenvalue weighted by Gasteiger charge is 2.19. The summed E-state index contributed by atoms with van der Waals surface area (Å²) in [4.78, 5) is 11.1. The van der Waals surface area contributed by atoms with Gasteiger partial charge in [-0.05, 0) is 23.6 Å². The predicted octanol–water partition coefficient (Wildman–Crippen LogP) is 1.72. The number of nitrogens with two attached hydrogens (primary N) is 1. The SMILES string of the molecule is CC(C)c1cc(N)c2c(c1)NC(=O)CO2. The van der Waals surface area contributed by atoms with Crippen LogP contribution >= 0.6 is 0 Å². The summed E-state index contributed by atoms with van der Waals surface area (Å²) in [7, 11) is 0. The summed E-state index contributed by atoms with van der Waals surface area (Å²) in [5.74, 6) is 0.818. The number of amides is 1. The molecule has 0 aliphatic carbocycles. The molecule has 1 aliphatic rings. The Balaban J connectivity index is 2.48. The third kappa shape index (κ3) is 1.75. The van der Waals surface area contributed by atoms with Crippen molar-refractivity contribution in [2.75, 3.05) is 17.7 Å². The summed E-state index contributed by atoms with van der Waals surface area (Å²) in [6.45, 7) is 4.19. The number of ether oxygens (including phenoxy) is 1. The van der Waals surface area contributed by atoms with Crippen LogP contribution in [0, 0.1) is 0 Å². The van der Waals surface area contributed by atoms with Crippen LogP contribution in [0.5, 0.6) is 5.75 Å². The Morgan fingerprint density at radius 1 is 1.47 bits per heavy atom. The van der Waals surface area contributed by atoms with Gasteiger partial charge < -0.3 is 15.8 Å². The van der Waals surface area contributed by atoms with Gasteiger partial charge in [0.15, 0.2) is 12.4 Å². The lowest BCUT2D eigenvalue weighted by molar-refractivity contribution is -0.118. The van der Waals surface area contributed by atoms with Gasteiger partial charge >= 0.3 is 0 Å². The molecule has 1 aliphatic heterocycles. The minimum atomic E-state index is -0.136. The molecular weight excluding hydrogens is 192 g/mol. The maximum absolute atomic E-state index is 11.1. The Bertz CT molecular complexity index is 413. The summed E-state index contributed by atoms with van der Waals surface area (Å²) in [6.07, 6.45) is 0. The molecule has 1 aromatic rings. The molecule has 0 radical (unpaired) electrons. The summed E-state index contributed by atoms with van der Waals surface area (Å²) in [6, 6.07) is 3.80. The average Bonchev–Trinajstić information content (AvgIpc) is 2.16. The number of anilines is 2. The number of rotatable bonds is 1. The van der Waals surface area contributed by atoms with Gasteiger partial charge in [-0.25, -0.2) is 0 Å². The van der Waals surface area contributed by atoms with E-state index in [1.54, 1.807) is 0 Å². The molecule has 4 heteroatoms. The van der Waals surface area contributed by atoms with E-state index in [4.69, 9.17) is 10.5 Å². The fraction of sp³-hybridized carbons (Fsp3) is 0.364. The van der Waals surface area contributed by atoms with E-state index in [0.29, 0.717) is 23.0 Å². The summed E-state index contributed by atoms with van der Waals surface area (Å²) < 4.78 is 5.26. The number of benzene rings is 1. The molecule has 0 fully saturated rings. The quantitative estimate of drug-likeness (QED) is 0.688. The van der Waals surface area contributed by atoms with Crippen LogP contribution in [-0.2, 0) is 4.79 Å². The van der Waals surface area contributed by atoms with Gasteiger partial charge in [0.25, 0.3) is 5.91 Å². The van der Waals surface area contributed by atoms with Gasteiger partial charge in [-0.1, -0.05) is 13.8 Å². The van der Waals surface area contributed by atoms with Crippen LogP contribution < -0.4 is 15.8 Å². The number of fused-ring (bicyclic) bond motifs is 1. The van der Waals surface area contributed by atoms with Gasteiger partial charge in [-0.15, -0.1) is 0 Å². The topological polar surface area (TPSA) is 64.3 Å². The fourth-order valence-corrected chi connectivity index (χ4v) is 1.59. The molecular formula is C11H14N2O2. The summed E-state index contributed by atoms with van der Waals surface area (Å²) in [5, 5.41) is 2.75. The van der Waals surface area contributed by atoms with Crippen molar-refractivity contribution in [1.82, 2.24) is 0 Å². The van der Waals surface area contributed by atoms with Crippen LogP contribution in [0.15, 0.2) is 12.1 Å². The van der Waals surface area contributed by atoms with Crippen molar-refractivity contribution in [1.29, 1.82) is 0 Å². The van der Waals surface area contributed by atoms with Crippen molar-refractivity contribution >= 4 is 17.3 Å². The summed E-state index contributed by atoms with van der Waals surface area (Å²) in [5.41, 5.74) is 8.20. The van der Waals surface area contributed by atoms with Crippen LogP contribution in [0.25, 0.3) is 0 Å². The molecule has 1 aromatic carbocycles. The lowest BCUT2D eigenvalue weighted by Crippen LogP contribution is -2.26. The number of nitrogens with one attached hydrogen (secondary N) is 1. The third-order valence-electron chi connectivity index (χ3n) is 2.43. The molecule has 3 N–H and O–H groups in total. The van der Waals surface area contributed by atoms with E-state index < -0.39 is 0 Å². The minimum absolute atomic E-state index is 0.0399. The van der Waals surface area contributed by atoms with Gasteiger partial charge in [0, 0.05) is 0 Å². The van der Waals surface area contributed by atoms with Crippen molar-refractivity contribution in [3.8, 4) is 5.75 Å². The van der Waals surface area contributed by atoms with E-state index in [9.17, 15) is 4.79 Å². The maximum Gasteiger partial charge on any atom is 0.262 e. The van der Waals surface area contributed by atoms with Gasteiger partial charge in [-0.2, -0.15) is 0 Å². The molecule has 0 spiro atoms. The van der Waals surface area contributed by atoms with E-state index in [2.05, 4.69) is 19.2 Å². The lowest BCUT2D eigenvalue weighted by Gasteiger charge is -2.21. The first-order valence-corrected chi connectivity index (χ1v) is 4.94. The van der Waals surface area contributed by atoms with Gasteiger partial charge in [-0.3, -0.25) is 4.79 Å². The molecule has 4 nitrogen and oxygen atoms in total. The van der Waals surface area contributed by atoms with Gasteiger partial charge in [0.2, 0.25) is 0 Å². The standard InChI is InChI=1S/C11H14N2O2/c1-6(2)7-3-8(12)11-9(4-7)13-10(14)5-15-11/h3-4,6H,5,12H2,1-2H3,(H,13,14). The minimum Gasteiger partial charge on any atom is -0.479 e. The second kappa shape index (κ2) is 3.46. The zero-order valence-electron chi connectivity index (χ0n) is 8.83. The van der Waals surface area contributed by atoms with E-state index in [1.165, 1.54) is 0 Å². The number of hydrogen-bond acceptors (Lipinski definition) is 3. The normalized spacial score (nSPS) is 14.5. The van der Waals surface area contributed by atoms with Crippen LogP contribution in [-0.4, -0.2) is 12.5 Å². The number of carbonyl (C=O) groups is 1. The molecule has 80 valence electrons. The third-order valence-corrected chi connectivity index (χ3v) is 2.43. The zero-order chi connectivity index (χ0) is 11.0. The van der Waals surface area contributed by atoms with E-state index in [1.807, 2.05) is 12.1 Å². The maximum atomic E-state index is 11.1. The van der Waals surface area contributed by atoms with Crippen LogP contribution in [0.2, 0.25) is 0 Å². The molecule has 0 saturated heterocycles. The lowest BCUT2D eigenvalue weighted by atomic mass is 10.0. The highest BCUT2D eigenvalue weighted by Crippen LogP contribution is 2.36. The second-order valence-electron chi connectivity index (χ2n) is 3.98. The Labute approximate surface area is 88.4 Å². The monoisotopic (exact) mass is 206 g/mol. The van der Waals surface area contributed by atoms with Crippen molar-refractivity contribution in [2.24, 2.45) is 0 Å². The molecule has 1 heterocycles. The number of nitrogen functional groups attached to an aromatic ring is 1. The first-order valence-electron chi connectivity index (χ1n) is 4.94. The van der Waals surface area contributed by atoms with Crippen molar-refractivity contribution in [2.45, 2.75) is 19.8 Å². The first-order chi connectivity index (χ1) is 7.08. The molecule has 15 heavy (non-hydrogen) atoms. The zero-order valence-corrected chi connectivity index (χ0v) is 8.83. The highest BCUT2D eigenvalue weighted by molar-refractivity contribution is 5.97. The molecule has 0 unspecified atom stereocenters. The Hall–Kier alpha value is -1.71. The molecule has 0 atom stereocenters. The number of carbonyl (C=O) groups excluding carboxylic acids is 1. The van der Waals surface area contributed by atoms with Crippen molar-refractivity contribution < 1.29 is 9.53 Å². The Morgan fingerprint density at radius 2 is 2.20 bits per heavy atom. The van der Waals surface area contributed by atoms with E-state index in [0.717, 1.165) is 5.56 Å². The second-order valence-corrected chi connectivity index (χ2v) is 3.98. The molecule has 0 saturated carbocycles.